The van der Waals surface area contributed by atoms with E-state index in [4.69, 9.17) is 0 Å². The van der Waals surface area contributed by atoms with Crippen LogP contribution >= 0.6 is 0 Å². The van der Waals surface area contributed by atoms with Crippen molar-refractivity contribution in [2.75, 3.05) is 6.54 Å². The Hall–Kier alpha value is -1.35. The summed E-state index contributed by atoms with van der Waals surface area (Å²) in [4.78, 5) is 12.2. The van der Waals surface area contributed by atoms with Crippen LogP contribution in [0.15, 0.2) is 24.3 Å². The smallest absolute Gasteiger partial charge is 0.237 e. The molecule has 3 heteroatoms. The predicted octanol–water partition coefficient (Wildman–Crippen LogP) is 1.58. The standard InChI is InChI=1S/C16H20N2O/c19-16(13-7-3-4-8-17-13)18-15-12-9-10-5-1-2-6-11(10)14(12)15/h1-2,5-6,12-15,17H,3-4,7-9H2,(H,18,19). The van der Waals surface area contributed by atoms with Gasteiger partial charge in [0, 0.05) is 12.0 Å². The Morgan fingerprint density at radius 3 is 3.00 bits per heavy atom. The van der Waals surface area contributed by atoms with Crippen LogP contribution in [0.5, 0.6) is 0 Å². The maximum atomic E-state index is 12.2. The second kappa shape index (κ2) is 4.34. The highest BCUT2D eigenvalue weighted by molar-refractivity contribution is 5.83. The van der Waals surface area contributed by atoms with Crippen LogP contribution in [-0.2, 0) is 11.2 Å². The highest BCUT2D eigenvalue weighted by Gasteiger charge is 2.56. The van der Waals surface area contributed by atoms with Gasteiger partial charge in [0.1, 0.15) is 0 Å². The van der Waals surface area contributed by atoms with E-state index in [9.17, 15) is 4.79 Å². The summed E-state index contributed by atoms with van der Waals surface area (Å²) in [5, 5.41) is 6.59. The quantitative estimate of drug-likeness (QED) is 0.843. The van der Waals surface area contributed by atoms with E-state index in [0.717, 1.165) is 19.4 Å². The van der Waals surface area contributed by atoms with Gasteiger partial charge in [0.15, 0.2) is 0 Å². The molecule has 1 aromatic rings. The summed E-state index contributed by atoms with van der Waals surface area (Å²) in [5.74, 6) is 1.46. The minimum atomic E-state index is 0.0466. The number of fused-ring (bicyclic) bond motifs is 3. The first-order valence-electron chi connectivity index (χ1n) is 7.46. The van der Waals surface area contributed by atoms with Gasteiger partial charge in [-0.3, -0.25) is 4.79 Å². The minimum absolute atomic E-state index is 0.0466. The molecule has 2 aliphatic carbocycles. The molecule has 3 nitrogen and oxygen atoms in total. The maximum Gasteiger partial charge on any atom is 0.237 e. The maximum absolute atomic E-state index is 12.2. The number of carbonyl (C=O) groups excluding carboxylic acids is 1. The molecule has 19 heavy (non-hydrogen) atoms. The van der Waals surface area contributed by atoms with Crippen molar-refractivity contribution in [3.05, 3.63) is 35.4 Å². The Morgan fingerprint density at radius 2 is 2.16 bits per heavy atom. The second-order valence-corrected chi connectivity index (χ2v) is 6.13. The number of carbonyl (C=O) groups is 1. The zero-order valence-corrected chi connectivity index (χ0v) is 11.1. The third kappa shape index (κ3) is 1.88. The molecule has 1 aromatic carbocycles. The van der Waals surface area contributed by atoms with E-state index in [1.54, 1.807) is 0 Å². The van der Waals surface area contributed by atoms with Crippen LogP contribution in [-0.4, -0.2) is 24.5 Å². The molecule has 1 aliphatic heterocycles. The van der Waals surface area contributed by atoms with Gasteiger partial charge in [0.25, 0.3) is 0 Å². The summed E-state index contributed by atoms with van der Waals surface area (Å²) < 4.78 is 0. The Bertz CT molecular complexity index is 507. The fourth-order valence-electron chi connectivity index (χ4n) is 3.89. The van der Waals surface area contributed by atoms with E-state index >= 15 is 0 Å². The van der Waals surface area contributed by atoms with Crippen molar-refractivity contribution in [1.82, 2.24) is 10.6 Å². The number of nitrogens with one attached hydrogen (secondary N) is 2. The van der Waals surface area contributed by atoms with Crippen molar-refractivity contribution in [3.63, 3.8) is 0 Å². The Kier molecular flexibility index (Phi) is 2.62. The van der Waals surface area contributed by atoms with Gasteiger partial charge in [-0.2, -0.15) is 0 Å². The molecular formula is C16H20N2O. The van der Waals surface area contributed by atoms with Crippen LogP contribution in [0.3, 0.4) is 0 Å². The summed E-state index contributed by atoms with van der Waals surface area (Å²) in [6, 6.07) is 9.12. The Balaban J connectivity index is 1.41. The molecule has 100 valence electrons. The molecule has 0 aromatic heterocycles. The normalized spacial score (nSPS) is 35.4. The van der Waals surface area contributed by atoms with Gasteiger partial charge < -0.3 is 10.6 Å². The lowest BCUT2D eigenvalue weighted by atomic mass is 10.0. The monoisotopic (exact) mass is 256 g/mol. The van der Waals surface area contributed by atoms with Crippen LogP contribution in [0.4, 0.5) is 0 Å². The molecule has 0 spiro atoms. The summed E-state index contributed by atoms with van der Waals surface area (Å²) in [6.07, 6.45) is 4.51. The lowest BCUT2D eigenvalue weighted by Crippen LogP contribution is -2.47. The largest absolute Gasteiger partial charge is 0.351 e. The van der Waals surface area contributed by atoms with Crippen LogP contribution in [0.2, 0.25) is 0 Å². The average Bonchev–Trinajstić information content (AvgIpc) is 2.97. The molecule has 4 atom stereocenters. The first-order chi connectivity index (χ1) is 9.34. The topological polar surface area (TPSA) is 41.1 Å². The summed E-state index contributed by atoms with van der Waals surface area (Å²) in [7, 11) is 0. The van der Waals surface area contributed by atoms with Crippen molar-refractivity contribution in [3.8, 4) is 0 Å². The van der Waals surface area contributed by atoms with Crippen LogP contribution < -0.4 is 10.6 Å². The minimum Gasteiger partial charge on any atom is -0.351 e. The highest BCUT2D eigenvalue weighted by atomic mass is 16.2. The predicted molar refractivity (Wildman–Crippen MR) is 73.9 cm³/mol. The first-order valence-corrected chi connectivity index (χ1v) is 7.46. The van der Waals surface area contributed by atoms with Crippen molar-refractivity contribution in [2.45, 2.75) is 43.7 Å². The van der Waals surface area contributed by atoms with Gasteiger partial charge in [-0.25, -0.2) is 0 Å². The van der Waals surface area contributed by atoms with E-state index in [-0.39, 0.29) is 11.9 Å². The van der Waals surface area contributed by atoms with Gasteiger partial charge in [-0.1, -0.05) is 30.7 Å². The SMILES string of the molecule is O=C(NC1C2Cc3ccccc3C21)C1CCCCN1. The summed E-state index contributed by atoms with van der Waals surface area (Å²) in [5.41, 5.74) is 2.95. The molecule has 2 fully saturated rings. The van der Waals surface area contributed by atoms with Gasteiger partial charge in [-0.15, -0.1) is 0 Å². The number of piperidine rings is 1. The number of rotatable bonds is 2. The molecule has 3 aliphatic rings. The molecule has 1 heterocycles. The van der Waals surface area contributed by atoms with Crippen molar-refractivity contribution in [1.29, 1.82) is 0 Å². The molecular weight excluding hydrogens is 236 g/mol. The summed E-state index contributed by atoms with van der Waals surface area (Å²) >= 11 is 0. The molecule has 1 amide bonds. The third-order valence-electron chi connectivity index (χ3n) is 4.97. The number of hydrogen-bond donors (Lipinski definition) is 2. The van der Waals surface area contributed by atoms with Gasteiger partial charge in [0.2, 0.25) is 5.91 Å². The molecule has 1 saturated heterocycles. The van der Waals surface area contributed by atoms with Crippen LogP contribution in [0.1, 0.15) is 36.3 Å². The molecule has 4 unspecified atom stereocenters. The number of hydrogen-bond acceptors (Lipinski definition) is 2. The number of amides is 1. The van der Waals surface area contributed by atoms with E-state index in [1.807, 2.05) is 0 Å². The van der Waals surface area contributed by atoms with E-state index in [1.165, 1.54) is 24.0 Å². The number of benzene rings is 1. The lowest BCUT2D eigenvalue weighted by Gasteiger charge is -2.23. The fraction of sp³-hybridized carbons (Fsp3) is 0.562. The molecule has 0 bridgehead atoms. The van der Waals surface area contributed by atoms with Gasteiger partial charge in [-0.05, 0) is 42.9 Å². The zero-order valence-electron chi connectivity index (χ0n) is 11.1. The van der Waals surface area contributed by atoms with Crippen molar-refractivity contribution < 1.29 is 4.79 Å². The van der Waals surface area contributed by atoms with Crippen LogP contribution in [0.25, 0.3) is 0 Å². The molecule has 4 rings (SSSR count). The lowest BCUT2D eigenvalue weighted by molar-refractivity contribution is -0.123. The highest BCUT2D eigenvalue weighted by Crippen LogP contribution is 2.56. The van der Waals surface area contributed by atoms with Gasteiger partial charge >= 0.3 is 0 Å². The zero-order chi connectivity index (χ0) is 12.8. The Morgan fingerprint density at radius 1 is 1.26 bits per heavy atom. The van der Waals surface area contributed by atoms with E-state index in [2.05, 4.69) is 34.9 Å². The second-order valence-electron chi connectivity index (χ2n) is 6.13. The summed E-state index contributed by atoms with van der Waals surface area (Å²) in [6.45, 7) is 0.985. The first kappa shape index (κ1) is 11.5. The molecule has 2 N–H and O–H groups in total. The van der Waals surface area contributed by atoms with Crippen molar-refractivity contribution in [2.24, 2.45) is 5.92 Å². The van der Waals surface area contributed by atoms with E-state index < -0.39 is 0 Å². The molecule has 0 radical (unpaired) electrons. The third-order valence-corrected chi connectivity index (χ3v) is 4.97. The molecule has 1 saturated carbocycles. The van der Waals surface area contributed by atoms with Crippen LogP contribution in [0, 0.1) is 5.92 Å². The van der Waals surface area contributed by atoms with Gasteiger partial charge in [0.05, 0.1) is 6.04 Å². The van der Waals surface area contributed by atoms with E-state index in [0.29, 0.717) is 17.9 Å². The average molecular weight is 256 g/mol. The van der Waals surface area contributed by atoms with Crippen molar-refractivity contribution >= 4 is 5.91 Å². The Labute approximate surface area is 113 Å². The fourth-order valence-corrected chi connectivity index (χ4v) is 3.89.